The number of anilines is 2. The van der Waals surface area contributed by atoms with Gasteiger partial charge in [0, 0.05) is 23.6 Å². The number of nitrogens with two attached hydrogens (primary N) is 1. The molecule has 0 radical (unpaired) electrons. The summed E-state index contributed by atoms with van der Waals surface area (Å²) in [5, 5.41) is 8.67. The maximum absolute atomic E-state index is 14.6. The first-order valence-corrected chi connectivity index (χ1v) is 10.7. The fourth-order valence-electron chi connectivity index (χ4n) is 3.01. The second-order valence-corrected chi connectivity index (χ2v) is 8.50. The van der Waals surface area contributed by atoms with Gasteiger partial charge >= 0.3 is 5.97 Å². The van der Waals surface area contributed by atoms with E-state index in [1.165, 1.54) is 19.2 Å². The van der Waals surface area contributed by atoms with E-state index in [4.69, 9.17) is 11.1 Å². The van der Waals surface area contributed by atoms with E-state index >= 15 is 0 Å². The number of halogens is 1. The molecule has 7 nitrogen and oxygen atoms in total. The van der Waals surface area contributed by atoms with E-state index < -0.39 is 27.7 Å². The molecule has 9 heteroatoms. The second-order valence-electron chi connectivity index (χ2n) is 6.75. The lowest BCUT2D eigenvalue weighted by molar-refractivity contribution is -0.140. The van der Waals surface area contributed by atoms with Crippen molar-refractivity contribution < 1.29 is 22.3 Å². The van der Waals surface area contributed by atoms with Crippen LogP contribution in [0.3, 0.4) is 0 Å². The lowest BCUT2D eigenvalue weighted by Gasteiger charge is -2.21. The van der Waals surface area contributed by atoms with Crippen molar-refractivity contribution in [2.24, 2.45) is 0 Å². The van der Waals surface area contributed by atoms with Crippen molar-refractivity contribution in [1.82, 2.24) is 0 Å². The fraction of sp³-hybridized carbons (Fsp3) is 0.300. The predicted octanol–water partition coefficient (Wildman–Crippen LogP) is 3.19. The van der Waals surface area contributed by atoms with E-state index in [1.54, 1.807) is 31.2 Å². The van der Waals surface area contributed by atoms with Crippen LogP contribution in [0.25, 0.3) is 0 Å². The molecule has 0 bridgehead atoms. The molecule has 2 aromatic rings. The Morgan fingerprint density at radius 3 is 2.59 bits per heavy atom. The quantitative estimate of drug-likeness (QED) is 0.343. The maximum Gasteiger partial charge on any atom is 0.305 e. The first-order valence-electron chi connectivity index (χ1n) is 8.81. The molecule has 0 aliphatic rings. The van der Waals surface area contributed by atoms with Crippen LogP contribution >= 0.6 is 0 Å². The third-order valence-electron chi connectivity index (χ3n) is 4.44. The number of nitrogen functional groups attached to an aromatic ring is 1. The van der Waals surface area contributed by atoms with E-state index in [1.807, 2.05) is 0 Å². The number of aryl methyl sites for hydroxylation is 1. The molecule has 0 aliphatic heterocycles. The second kappa shape index (κ2) is 9.04. The molecule has 29 heavy (non-hydrogen) atoms. The lowest BCUT2D eigenvalue weighted by Crippen LogP contribution is -2.19. The molecule has 0 saturated carbocycles. The first kappa shape index (κ1) is 22.4. The van der Waals surface area contributed by atoms with Crippen molar-refractivity contribution in [3.05, 3.63) is 58.9 Å². The van der Waals surface area contributed by atoms with Gasteiger partial charge in [0.2, 0.25) is 10.0 Å². The predicted molar refractivity (Wildman–Crippen MR) is 111 cm³/mol. The van der Waals surface area contributed by atoms with Gasteiger partial charge in [-0.1, -0.05) is 24.3 Å². The smallest absolute Gasteiger partial charge is 0.305 e. The van der Waals surface area contributed by atoms with Gasteiger partial charge < -0.3 is 15.9 Å². The number of carbonyl (C=O) groups is 1. The van der Waals surface area contributed by atoms with Crippen molar-refractivity contribution in [3.8, 4) is 0 Å². The Balaban J connectivity index is 2.49. The average Bonchev–Trinajstić information content (AvgIpc) is 2.63. The van der Waals surface area contributed by atoms with Crippen LogP contribution in [0.2, 0.25) is 0 Å². The molecule has 2 aromatic carbocycles. The summed E-state index contributed by atoms with van der Waals surface area (Å²) in [6.07, 6.45) is 1.11. The van der Waals surface area contributed by atoms with E-state index in [-0.39, 0.29) is 41.1 Å². The van der Waals surface area contributed by atoms with E-state index in [0.717, 1.165) is 11.8 Å². The highest BCUT2D eigenvalue weighted by Crippen LogP contribution is 2.33. The van der Waals surface area contributed by atoms with Gasteiger partial charge in [0.05, 0.1) is 24.7 Å². The van der Waals surface area contributed by atoms with Crippen LogP contribution in [-0.2, 0) is 19.6 Å². The van der Waals surface area contributed by atoms with Gasteiger partial charge in [-0.05, 0) is 36.6 Å². The van der Waals surface area contributed by atoms with E-state index in [9.17, 15) is 17.6 Å². The van der Waals surface area contributed by atoms with Crippen LogP contribution < -0.4 is 10.5 Å². The minimum atomic E-state index is -3.57. The molecule has 0 fully saturated rings. The highest BCUT2D eigenvalue weighted by Gasteiger charge is 2.25. The van der Waals surface area contributed by atoms with Crippen LogP contribution in [-0.4, -0.2) is 33.5 Å². The van der Waals surface area contributed by atoms with Crippen molar-refractivity contribution in [2.75, 3.05) is 23.8 Å². The van der Waals surface area contributed by atoms with Crippen LogP contribution in [0.4, 0.5) is 15.8 Å². The number of ether oxygens (including phenoxy) is 1. The molecule has 2 rings (SSSR count). The number of rotatable bonds is 8. The van der Waals surface area contributed by atoms with Crippen molar-refractivity contribution in [1.29, 1.82) is 5.41 Å². The van der Waals surface area contributed by atoms with Gasteiger partial charge in [-0.15, -0.1) is 0 Å². The Bertz CT molecular complexity index is 1040. The number of hydrogen-bond acceptors (Lipinski definition) is 6. The Labute approximate surface area is 169 Å². The molecule has 1 unspecified atom stereocenters. The van der Waals surface area contributed by atoms with Gasteiger partial charge in [-0.3, -0.25) is 9.52 Å². The van der Waals surface area contributed by atoms with Crippen LogP contribution in [0.15, 0.2) is 36.4 Å². The maximum atomic E-state index is 14.6. The van der Waals surface area contributed by atoms with Crippen molar-refractivity contribution in [2.45, 2.75) is 25.7 Å². The molecular formula is C20H24FN3O4S. The van der Waals surface area contributed by atoms with Crippen molar-refractivity contribution in [3.63, 3.8) is 0 Å². The molecule has 0 saturated heterocycles. The highest BCUT2D eigenvalue weighted by molar-refractivity contribution is 7.92. The van der Waals surface area contributed by atoms with Gasteiger partial charge in [0.15, 0.2) is 0 Å². The minimum Gasteiger partial charge on any atom is -0.469 e. The summed E-state index contributed by atoms with van der Waals surface area (Å²) in [4.78, 5) is 11.6. The monoisotopic (exact) mass is 421 g/mol. The standard InChI is InChI=1S/C20H24FN3O4S/c1-12-7-8-13(16(21)11-12)14(9-10-18(25)28-2)19(22)15-5-4-6-17(20(15)23)24-29(3,26)27/h4-8,11,14,22,24H,9-10,23H2,1-3H3. The van der Waals surface area contributed by atoms with Crippen LogP contribution in [0, 0.1) is 18.2 Å². The molecule has 0 spiro atoms. The summed E-state index contributed by atoms with van der Waals surface area (Å²) in [5.41, 5.74) is 7.50. The fourth-order valence-corrected chi connectivity index (χ4v) is 3.59. The largest absolute Gasteiger partial charge is 0.469 e. The number of para-hydroxylation sites is 1. The number of hydrogen-bond donors (Lipinski definition) is 3. The zero-order chi connectivity index (χ0) is 21.8. The zero-order valence-electron chi connectivity index (χ0n) is 16.5. The Morgan fingerprint density at radius 1 is 1.31 bits per heavy atom. The molecule has 0 heterocycles. The van der Waals surface area contributed by atoms with E-state index in [0.29, 0.717) is 0 Å². The van der Waals surface area contributed by atoms with Gasteiger partial charge in [0.25, 0.3) is 0 Å². The molecule has 0 aromatic heterocycles. The third-order valence-corrected chi connectivity index (χ3v) is 5.03. The number of methoxy groups -OCH3 is 1. The summed E-state index contributed by atoms with van der Waals surface area (Å²) >= 11 is 0. The summed E-state index contributed by atoms with van der Waals surface area (Å²) in [6, 6.07) is 9.25. The lowest BCUT2D eigenvalue weighted by atomic mass is 9.85. The summed E-state index contributed by atoms with van der Waals surface area (Å²) in [5.74, 6) is -1.74. The van der Waals surface area contributed by atoms with Gasteiger partial charge in [-0.25, -0.2) is 12.8 Å². The number of carbonyl (C=O) groups excluding carboxylic acids is 1. The Morgan fingerprint density at radius 2 is 2.00 bits per heavy atom. The molecule has 4 N–H and O–H groups in total. The average molecular weight is 421 g/mol. The molecule has 156 valence electrons. The molecule has 1 atom stereocenters. The van der Waals surface area contributed by atoms with Crippen LogP contribution in [0.1, 0.15) is 35.4 Å². The zero-order valence-corrected chi connectivity index (χ0v) is 17.3. The van der Waals surface area contributed by atoms with Gasteiger partial charge in [-0.2, -0.15) is 0 Å². The number of esters is 1. The Kier molecular flexibility index (Phi) is 6.97. The van der Waals surface area contributed by atoms with Gasteiger partial charge in [0.1, 0.15) is 5.82 Å². The SMILES string of the molecule is COC(=O)CCC(C(=N)c1cccc(NS(C)(=O)=O)c1N)c1ccc(C)cc1F. The molecule has 0 amide bonds. The highest BCUT2D eigenvalue weighted by atomic mass is 32.2. The summed E-state index contributed by atoms with van der Waals surface area (Å²) in [7, 11) is -2.32. The number of benzene rings is 2. The summed E-state index contributed by atoms with van der Waals surface area (Å²) in [6.45, 7) is 1.75. The Hall–Kier alpha value is -2.94. The normalized spacial score (nSPS) is 12.3. The summed E-state index contributed by atoms with van der Waals surface area (Å²) < 4.78 is 44.7. The molecule has 0 aliphatic carbocycles. The number of nitrogens with one attached hydrogen (secondary N) is 2. The van der Waals surface area contributed by atoms with E-state index in [2.05, 4.69) is 9.46 Å². The topological polar surface area (TPSA) is 122 Å². The first-order chi connectivity index (χ1) is 13.5. The van der Waals surface area contributed by atoms with Crippen LogP contribution in [0.5, 0.6) is 0 Å². The third kappa shape index (κ3) is 5.77. The minimum absolute atomic E-state index is 0.0158. The number of sulfonamides is 1. The molecular weight excluding hydrogens is 397 g/mol. The van der Waals surface area contributed by atoms with Crippen molar-refractivity contribution >= 4 is 33.1 Å².